The predicted molar refractivity (Wildman–Crippen MR) is 134 cm³/mol. The maximum Gasteiger partial charge on any atom is 0.227 e. The lowest BCUT2D eigenvalue weighted by Gasteiger charge is -2.31. The summed E-state index contributed by atoms with van der Waals surface area (Å²) < 4.78 is 0. The monoisotopic (exact) mass is 461 g/mol. The van der Waals surface area contributed by atoms with Crippen LogP contribution in [0.2, 0.25) is 0 Å². The highest BCUT2D eigenvalue weighted by Crippen LogP contribution is 2.26. The number of anilines is 2. The number of rotatable bonds is 6. The van der Waals surface area contributed by atoms with Crippen LogP contribution in [0.3, 0.4) is 0 Å². The number of hydrogen-bond acceptors (Lipinski definition) is 6. The number of carbonyl (C=O) groups excluding carboxylic acids is 1. The van der Waals surface area contributed by atoms with Crippen molar-refractivity contribution >= 4 is 28.7 Å². The molecular weight excluding hydrogens is 430 g/mol. The first-order valence-corrected chi connectivity index (χ1v) is 12.9. The highest BCUT2D eigenvalue weighted by atomic mass is 32.1. The molecule has 2 aliphatic rings. The van der Waals surface area contributed by atoms with E-state index in [1.54, 1.807) is 11.3 Å². The van der Waals surface area contributed by atoms with Gasteiger partial charge < -0.3 is 10.2 Å². The zero-order valence-electron chi connectivity index (χ0n) is 18.9. The van der Waals surface area contributed by atoms with Gasteiger partial charge in [0.25, 0.3) is 0 Å². The van der Waals surface area contributed by atoms with E-state index >= 15 is 0 Å². The van der Waals surface area contributed by atoms with Crippen LogP contribution in [0.5, 0.6) is 0 Å². The number of thiophene rings is 1. The third-order valence-electron chi connectivity index (χ3n) is 6.69. The molecule has 0 unspecified atom stereocenters. The van der Waals surface area contributed by atoms with Crippen LogP contribution >= 0.6 is 11.3 Å². The first-order valence-electron chi connectivity index (χ1n) is 12.0. The number of aromatic nitrogens is 2. The lowest BCUT2D eigenvalue weighted by molar-refractivity contribution is -0.120. The molecule has 2 aromatic heterocycles. The molecule has 0 radical (unpaired) electrons. The van der Waals surface area contributed by atoms with Crippen molar-refractivity contribution in [3.63, 3.8) is 0 Å². The van der Waals surface area contributed by atoms with Gasteiger partial charge in [0.2, 0.25) is 5.91 Å². The van der Waals surface area contributed by atoms with Crippen molar-refractivity contribution in [3.8, 4) is 10.6 Å². The summed E-state index contributed by atoms with van der Waals surface area (Å²) in [5.74, 6) is 1.05. The summed E-state index contributed by atoms with van der Waals surface area (Å²) in [6.07, 6.45) is 5.62. The number of amides is 1. The summed E-state index contributed by atoms with van der Waals surface area (Å²) in [5, 5.41) is 14.0. The molecule has 1 aromatic carbocycles. The summed E-state index contributed by atoms with van der Waals surface area (Å²) in [7, 11) is 0. The van der Waals surface area contributed by atoms with Gasteiger partial charge in [-0.05, 0) is 80.0 Å². The van der Waals surface area contributed by atoms with E-state index in [-0.39, 0.29) is 11.8 Å². The van der Waals surface area contributed by atoms with Gasteiger partial charge in [0.15, 0.2) is 5.82 Å². The Hall–Kier alpha value is -2.77. The Labute approximate surface area is 199 Å². The lowest BCUT2D eigenvalue weighted by Crippen LogP contribution is -2.38. The third-order valence-corrected chi connectivity index (χ3v) is 7.58. The zero-order chi connectivity index (χ0) is 22.5. The van der Waals surface area contributed by atoms with Gasteiger partial charge in [0.1, 0.15) is 5.69 Å². The number of likely N-dealkylation sites (tertiary alicyclic amines) is 1. The second-order valence-corrected chi connectivity index (χ2v) is 9.99. The fourth-order valence-corrected chi connectivity index (χ4v) is 5.42. The van der Waals surface area contributed by atoms with Crippen molar-refractivity contribution in [1.82, 2.24) is 15.1 Å². The Balaban J connectivity index is 1.10. The maximum atomic E-state index is 12.8. The van der Waals surface area contributed by atoms with Gasteiger partial charge in [-0.3, -0.25) is 9.69 Å². The maximum absolute atomic E-state index is 12.8. The van der Waals surface area contributed by atoms with E-state index in [9.17, 15) is 4.79 Å². The minimum Gasteiger partial charge on any atom is -0.355 e. The summed E-state index contributed by atoms with van der Waals surface area (Å²) in [5.41, 5.74) is 3.11. The van der Waals surface area contributed by atoms with Gasteiger partial charge >= 0.3 is 0 Å². The predicted octanol–water partition coefficient (Wildman–Crippen LogP) is 5.05. The van der Waals surface area contributed by atoms with Crippen molar-refractivity contribution in [2.24, 2.45) is 5.92 Å². The van der Waals surface area contributed by atoms with Crippen molar-refractivity contribution in [1.29, 1.82) is 0 Å². The van der Waals surface area contributed by atoms with Gasteiger partial charge in [-0.25, -0.2) is 0 Å². The molecule has 0 aliphatic carbocycles. The van der Waals surface area contributed by atoms with Gasteiger partial charge in [-0.15, -0.1) is 21.5 Å². The normalized spacial score (nSPS) is 17.8. The van der Waals surface area contributed by atoms with E-state index < -0.39 is 0 Å². The molecule has 6 nitrogen and oxygen atoms in total. The van der Waals surface area contributed by atoms with E-state index in [0.717, 1.165) is 54.6 Å². The Morgan fingerprint density at radius 2 is 1.73 bits per heavy atom. The average molecular weight is 462 g/mol. The second-order valence-electron chi connectivity index (χ2n) is 9.04. The summed E-state index contributed by atoms with van der Waals surface area (Å²) in [6, 6.07) is 16.5. The molecule has 4 heterocycles. The molecule has 1 N–H and O–H groups in total. The molecule has 2 saturated heterocycles. The molecule has 0 bridgehead atoms. The highest BCUT2D eigenvalue weighted by molar-refractivity contribution is 7.13. The van der Waals surface area contributed by atoms with Crippen LogP contribution < -0.4 is 10.2 Å². The largest absolute Gasteiger partial charge is 0.355 e. The summed E-state index contributed by atoms with van der Waals surface area (Å²) in [4.78, 5) is 18.7. The van der Waals surface area contributed by atoms with Crippen LogP contribution in [0.25, 0.3) is 10.6 Å². The molecule has 2 aliphatic heterocycles. The SMILES string of the molecule is O=C(Nc1ccc(CN2CCCCC2)cc1)C1CCN(c2ccc(-c3cccs3)nn2)CC1. The Morgan fingerprint density at radius 1 is 0.939 bits per heavy atom. The summed E-state index contributed by atoms with van der Waals surface area (Å²) >= 11 is 1.67. The molecule has 33 heavy (non-hydrogen) atoms. The third kappa shape index (κ3) is 5.60. The van der Waals surface area contributed by atoms with E-state index in [2.05, 4.69) is 43.5 Å². The minimum atomic E-state index is 0.0348. The molecule has 2 fully saturated rings. The van der Waals surface area contributed by atoms with Crippen LogP contribution in [0.1, 0.15) is 37.7 Å². The first kappa shape index (κ1) is 22.0. The van der Waals surface area contributed by atoms with E-state index in [1.807, 2.05) is 35.7 Å². The number of hydrogen-bond donors (Lipinski definition) is 1. The second kappa shape index (κ2) is 10.4. The number of benzene rings is 1. The van der Waals surface area contributed by atoms with Crippen molar-refractivity contribution < 1.29 is 4.79 Å². The number of carbonyl (C=O) groups is 1. The summed E-state index contributed by atoms with van der Waals surface area (Å²) in [6.45, 7) is 5.03. The van der Waals surface area contributed by atoms with Crippen LogP contribution in [-0.2, 0) is 11.3 Å². The fraction of sp³-hybridized carbons (Fsp3) is 0.423. The molecule has 5 rings (SSSR count). The number of piperidine rings is 2. The molecule has 0 atom stereocenters. The van der Waals surface area contributed by atoms with Crippen LogP contribution in [0, 0.1) is 5.92 Å². The van der Waals surface area contributed by atoms with Crippen LogP contribution in [-0.4, -0.2) is 47.2 Å². The lowest BCUT2D eigenvalue weighted by atomic mass is 9.95. The molecule has 1 amide bonds. The fourth-order valence-electron chi connectivity index (χ4n) is 4.73. The Kier molecular flexibility index (Phi) is 6.98. The highest BCUT2D eigenvalue weighted by Gasteiger charge is 2.26. The molecule has 3 aromatic rings. The van der Waals surface area contributed by atoms with E-state index in [0.29, 0.717) is 0 Å². The van der Waals surface area contributed by atoms with Crippen molar-refractivity contribution in [3.05, 3.63) is 59.5 Å². The molecule has 0 saturated carbocycles. The van der Waals surface area contributed by atoms with Crippen LogP contribution in [0.15, 0.2) is 53.9 Å². The minimum absolute atomic E-state index is 0.0348. The van der Waals surface area contributed by atoms with Gasteiger partial charge in [0, 0.05) is 31.2 Å². The topological polar surface area (TPSA) is 61.4 Å². The standard InChI is InChI=1S/C26H31N5OS/c32-26(27-22-8-6-20(7-9-22)19-30-14-2-1-3-15-30)21-12-16-31(17-13-21)25-11-10-23(28-29-25)24-5-4-18-33-24/h4-11,18,21H,1-3,12-17,19H2,(H,27,32). The average Bonchev–Trinajstić information content (AvgIpc) is 3.41. The zero-order valence-corrected chi connectivity index (χ0v) is 19.8. The molecular formula is C26H31N5OS. The van der Waals surface area contributed by atoms with E-state index in [1.165, 1.54) is 37.9 Å². The molecule has 7 heteroatoms. The quantitative estimate of drug-likeness (QED) is 0.557. The van der Waals surface area contributed by atoms with Gasteiger partial charge in [0.05, 0.1) is 4.88 Å². The number of nitrogens with one attached hydrogen (secondary N) is 1. The van der Waals surface area contributed by atoms with Crippen molar-refractivity contribution in [2.75, 3.05) is 36.4 Å². The van der Waals surface area contributed by atoms with Crippen molar-refractivity contribution in [2.45, 2.75) is 38.6 Å². The Bertz CT molecular complexity index is 1020. The number of nitrogens with zero attached hydrogens (tertiary/aromatic N) is 4. The molecule has 172 valence electrons. The van der Waals surface area contributed by atoms with Gasteiger partial charge in [-0.2, -0.15) is 0 Å². The smallest absolute Gasteiger partial charge is 0.227 e. The molecule has 0 spiro atoms. The Morgan fingerprint density at radius 3 is 2.39 bits per heavy atom. The first-order chi connectivity index (χ1) is 16.2. The van der Waals surface area contributed by atoms with Crippen LogP contribution in [0.4, 0.5) is 11.5 Å². The van der Waals surface area contributed by atoms with E-state index in [4.69, 9.17) is 0 Å². The van der Waals surface area contributed by atoms with Gasteiger partial charge in [-0.1, -0.05) is 24.6 Å².